The number of hydrogen-bond acceptors (Lipinski definition) is 2. The number of rotatable bonds is 2. The lowest BCUT2D eigenvalue weighted by atomic mass is 10.2. The van der Waals surface area contributed by atoms with Crippen LogP contribution in [0, 0.1) is 23.0 Å². The van der Waals surface area contributed by atoms with Crippen molar-refractivity contribution < 1.29 is 8.78 Å². The van der Waals surface area contributed by atoms with Crippen LogP contribution in [0.25, 0.3) is 0 Å². The van der Waals surface area contributed by atoms with E-state index in [1.165, 1.54) is 0 Å². The molecule has 5 heteroatoms. The molecule has 0 amide bonds. The van der Waals surface area contributed by atoms with Crippen LogP contribution in [-0.4, -0.2) is 0 Å². The molecule has 0 heterocycles. The maximum absolute atomic E-state index is 13.4. The summed E-state index contributed by atoms with van der Waals surface area (Å²) in [6.45, 7) is 0. The van der Waals surface area contributed by atoms with E-state index in [1.54, 1.807) is 18.2 Å². The van der Waals surface area contributed by atoms with Gasteiger partial charge in [0.1, 0.15) is 11.6 Å². The number of nitrogens with one attached hydrogen (secondary N) is 1. The molecule has 0 aliphatic heterocycles. The number of halogens is 3. The summed E-state index contributed by atoms with van der Waals surface area (Å²) in [4.78, 5) is 0. The SMILES string of the molecule is N#Cc1cc(Br)cc(Nc2cc(F)ccc2F)c1. The highest BCUT2D eigenvalue weighted by Crippen LogP contribution is 2.24. The molecule has 18 heavy (non-hydrogen) atoms. The van der Waals surface area contributed by atoms with Crippen molar-refractivity contribution in [2.75, 3.05) is 5.32 Å². The van der Waals surface area contributed by atoms with Crippen molar-refractivity contribution in [2.45, 2.75) is 0 Å². The molecule has 0 fully saturated rings. The normalized spacial score (nSPS) is 9.89. The molecule has 0 aliphatic carbocycles. The van der Waals surface area contributed by atoms with Crippen LogP contribution < -0.4 is 5.32 Å². The van der Waals surface area contributed by atoms with Gasteiger partial charge >= 0.3 is 0 Å². The van der Waals surface area contributed by atoms with Gasteiger partial charge in [0.2, 0.25) is 0 Å². The standard InChI is InChI=1S/C13H7BrF2N2/c14-9-3-8(7-17)4-11(5-9)18-13-6-10(15)1-2-12(13)16/h1-6,18H. The van der Waals surface area contributed by atoms with Crippen LogP contribution in [0.5, 0.6) is 0 Å². The summed E-state index contributed by atoms with van der Waals surface area (Å²) in [5, 5.41) is 11.6. The smallest absolute Gasteiger partial charge is 0.146 e. The van der Waals surface area contributed by atoms with Crippen molar-refractivity contribution in [3.8, 4) is 6.07 Å². The van der Waals surface area contributed by atoms with Crippen molar-refractivity contribution in [2.24, 2.45) is 0 Å². The molecule has 0 aromatic heterocycles. The van der Waals surface area contributed by atoms with Crippen LogP contribution in [-0.2, 0) is 0 Å². The van der Waals surface area contributed by atoms with Gasteiger partial charge in [-0.05, 0) is 30.3 Å². The summed E-state index contributed by atoms with van der Waals surface area (Å²) in [7, 11) is 0. The van der Waals surface area contributed by atoms with Gasteiger partial charge in [-0.15, -0.1) is 0 Å². The van der Waals surface area contributed by atoms with Crippen LogP contribution in [0.15, 0.2) is 40.9 Å². The van der Waals surface area contributed by atoms with E-state index in [1.807, 2.05) is 6.07 Å². The molecule has 0 saturated heterocycles. The Bertz CT molecular complexity index is 635. The summed E-state index contributed by atoms with van der Waals surface area (Å²) in [5.41, 5.74) is 0.950. The highest BCUT2D eigenvalue weighted by atomic mass is 79.9. The maximum atomic E-state index is 13.4. The Kier molecular flexibility index (Phi) is 3.58. The van der Waals surface area contributed by atoms with Crippen molar-refractivity contribution in [1.29, 1.82) is 5.26 Å². The van der Waals surface area contributed by atoms with Gasteiger partial charge in [-0.1, -0.05) is 15.9 Å². The minimum Gasteiger partial charge on any atom is -0.353 e. The zero-order valence-corrected chi connectivity index (χ0v) is 10.6. The van der Waals surface area contributed by atoms with Crippen molar-refractivity contribution in [1.82, 2.24) is 0 Å². The average molecular weight is 309 g/mol. The molecule has 0 aliphatic rings. The van der Waals surface area contributed by atoms with Gasteiger partial charge in [0.05, 0.1) is 17.3 Å². The van der Waals surface area contributed by atoms with Crippen molar-refractivity contribution in [3.05, 3.63) is 58.1 Å². The van der Waals surface area contributed by atoms with E-state index < -0.39 is 11.6 Å². The first-order chi connectivity index (χ1) is 8.58. The molecule has 0 spiro atoms. The molecular formula is C13H7BrF2N2. The Labute approximate surface area is 111 Å². The lowest BCUT2D eigenvalue weighted by Crippen LogP contribution is -1.95. The highest BCUT2D eigenvalue weighted by molar-refractivity contribution is 9.10. The predicted octanol–water partition coefficient (Wildman–Crippen LogP) is 4.34. The molecule has 0 saturated carbocycles. The Morgan fingerprint density at radius 2 is 1.89 bits per heavy atom. The van der Waals surface area contributed by atoms with E-state index in [-0.39, 0.29) is 5.69 Å². The number of hydrogen-bond donors (Lipinski definition) is 1. The third-order valence-electron chi connectivity index (χ3n) is 2.23. The van der Waals surface area contributed by atoms with Crippen LogP contribution in [0.1, 0.15) is 5.56 Å². The monoisotopic (exact) mass is 308 g/mol. The molecule has 0 atom stereocenters. The van der Waals surface area contributed by atoms with Crippen molar-refractivity contribution >= 4 is 27.3 Å². The minimum absolute atomic E-state index is 0.0250. The van der Waals surface area contributed by atoms with Gasteiger partial charge in [-0.25, -0.2) is 8.78 Å². The summed E-state index contributed by atoms with van der Waals surface area (Å²) < 4.78 is 27.1. The first-order valence-electron chi connectivity index (χ1n) is 5.01. The minimum atomic E-state index is -0.560. The fraction of sp³-hybridized carbons (Fsp3) is 0. The van der Waals surface area contributed by atoms with Crippen molar-refractivity contribution in [3.63, 3.8) is 0 Å². The molecule has 0 unspecified atom stereocenters. The summed E-state index contributed by atoms with van der Waals surface area (Å²) in [5.74, 6) is -1.09. The maximum Gasteiger partial charge on any atom is 0.146 e. The van der Waals surface area contributed by atoms with Crippen LogP contribution in [0.2, 0.25) is 0 Å². The van der Waals surface area contributed by atoms with Gasteiger partial charge in [-0.2, -0.15) is 5.26 Å². The average Bonchev–Trinajstić information content (AvgIpc) is 2.33. The molecule has 90 valence electrons. The fourth-order valence-electron chi connectivity index (χ4n) is 1.48. The molecule has 2 nitrogen and oxygen atoms in total. The second-order valence-corrected chi connectivity index (χ2v) is 4.51. The van der Waals surface area contributed by atoms with Crippen LogP contribution >= 0.6 is 15.9 Å². The second kappa shape index (κ2) is 5.15. The lowest BCUT2D eigenvalue weighted by molar-refractivity contribution is 0.603. The van der Waals surface area contributed by atoms with E-state index in [9.17, 15) is 8.78 Å². The van der Waals surface area contributed by atoms with Gasteiger partial charge in [0.15, 0.2) is 0 Å². The van der Waals surface area contributed by atoms with E-state index in [2.05, 4.69) is 21.2 Å². The Morgan fingerprint density at radius 3 is 2.61 bits per heavy atom. The zero-order valence-electron chi connectivity index (χ0n) is 9.05. The van der Waals surface area contributed by atoms with Gasteiger partial charge < -0.3 is 5.32 Å². The van der Waals surface area contributed by atoms with Gasteiger partial charge in [0, 0.05) is 16.2 Å². The van der Waals surface area contributed by atoms with Crippen LogP contribution in [0.3, 0.4) is 0 Å². The molecule has 0 radical (unpaired) electrons. The van der Waals surface area contributed by atoms with E-state index in [0.717, 1.165) is 18.2 Å². The summed E-state index contributed by atoms with van der Waals surface area (Å²) in [6, 6.07) is 9.98. The van der Waals surface area contributed by atoms with E-state index in [0.29, 0.717) is 15.7 Å². The predicted molar refractivity (Wildman–Crippen MR) is 68.5 cm³/mol. The third kappa shape index (κ3) is 2.84. The fourth-order valence-corrected chi connectivity index (χ4v) is 1.97. The molecule has 2 aromatic carbocycles. The first kappa shape index (κ1) is 12.5. The van der Waals surface area contributed by atoms with E-state index in [4.69, 9.17) is 5.26 Å². The van der Waals surface area contributed by atoms with Gasteiger partial charge in [-0.3, -0.25) is 0 Å². The molecular weight excluding hydrogens is 302 g/mol. The largest absolute Gasteiger partial charge is 0.353 e. The van der Waals surface area contributed by atoms with Crippen LogP contribution in [0.4, 0.5) is 20.2 Å². The zero-order chi connectivity index (χ0) is 13.1. The first-order valence-corrected chi connectivity index (χ1v) is 5.80. The summed E-state index contributed by atoms with van der Waals surface area (Å²) in [6.07, 6.45) is 0. The number of nitrogens with zero attached hydrogens (tertiary/aromatic N) is 1. The lowest BCUT2D eigenvalue weighted by Gasteiger charge is -2.08. The molecule has 1 N–H and O–H groups in total. The van der Waals surface area contributed by atoms with Gasteiger partial charge in [0.25, 0.3) is 0 Å². The quantitative estimate of drug-likeness (QED) is 0.895. The Balaban J connectivity index is 2.37. The number of benzene rings is 2. The molecule has 0 bridgehead atoms. The Morgan fingerprint density at radius 1 is 1.11 bits per heavy atom. The second-order valence-electron chi connectivity index (χ2n) is 3.59. The Hall–Kier alpha value is -1.93. The highest BCUT2D eigenvalue weighted by Gasteiger charge is 2.05. The molecule has 2 rings (SSSR count). The van der Waals surface area contributed by atoms with E-state index >= 15 is 0 Å². The third-order valence-corrected chi connectivity index (χ3v) is 2.69. The number of nitriles is 1. The topological polar surface area (TPSA) is 35.8 Å². The molecule has 2 aromatic rings. The summed E-state index contributed by atoms with van der Waals surface area (Å²) >= 11 is 3.24. The number of anilines is 2.